The summed E-state index contributed by atoms with van der Waals surface area (Å²) in [7, 11) is 1.05. The van der Waals surface area contributed by atoms with Crippen LogP contribution >= 0.6 is 0 Å². The zero-order valence-electron chi connectivity index (χ0n) is 27.3. The molecule has 3 aliphatic carbocycles. The van der Waals surface area contributed by atoms with E-state index in [2.05, 4.69) is 0 Å². The summed E-state index contributed by atoms with van der Waals surface area (Å²) in [5.74, 6) is -7.18. The number of fused-ring (bicyclic) bond motifs is 2. The van der Waals surface area contributed by atoms with Crippen molar-refractivity contribution in [3.8, 4) is 0 Å². The molecule has 5 fully saturated rings. The van der Waals surface area contributed by atoms with Gasteiger partial charge in [-0.2, -0.15) is 0 Å². The lowest BCUT2D eigenvalue weighted by Gasteiger charge is -2.68. The third kappa shape index (κ3) is 4.63. The van der Waals surface area contributed by atoms with E-state index in [9.17, 15) is 49.8 Å². The monoisotopic (exact) mass is 684 g/mol. The van der Waals surface area contributed by atoms with E-state index in [1.807, 2.05) is 0 Å². The number of carbonyl (C=O) groups is 4. The second kappa shape index (κ2) is 12.0. The highest BCUT2D eigenvalue weighted by Gasteiger charge is 2.85. The van der Waals surface area contributed by atoms with Crippen molar-refractivity contribution in [2.75, 3.05) is 20.3 Å². The van der Waals surface area contributed by atoms with Crippen LogP contribution in [-0.4, -0.2) is 135 Å². The first-order chi connectivity index (χ1) is 22.5. The van der Waals surface area contributed by atoms with E-state index in [0.717, 1.165) is 7.11 Å². The second-order valence-electron chi connectivity index (χ2n) is 14.7. The lowest BCUT2D eigenvalue weighted by Crippen LogP contribution is -2.80. The number of hydrogen-bond donors (Lipinski definition) is 6. The summed E-state index contributed by atoms with van der Waals surface area (Å²) in [4.78, 5) is 54.1. The van der Waals surface area contributed by atoms with Gasteiger partial charge in [0.2, 0.25) is 11.7 Å². The number of Topliss-reactive ketones (excluding diaryl/α,β-unsaturated/α-hetero) is 1. The van der Waals surface area contributed by atoms with Crippen LogP contribution in [0.25, 0.3) is 0 Å². The smallest absolute Gasteiger partial charge is 0.348 e. The highest BCUT2D eigenvalue weighted by molar-refractivity contribution is 5.95. The molecule has 1 spiro atoms. The Balaban J connectivity index is 1.56. The van der Waals surface area contributed by atoms with E-state index < -0.39 is 125 Å². The zero-order valence-corrected chi connectivity index (χ0v) is 27.3. The van der Waals surface area contributed by atoms with Crippen molar-refractivity contribution in [2.24, 2.45) is 34.5 Å². The van der Waals surface area contributed by atoms with Crippen molar-refractivity contribution in [1.82, 2.24) is 0 Å². The quantitative estimate of drug-likeness (QED) is 0.131. The van der Waals surface area contributed by atoms with Crippen LogP contribution in [0.3, 0.4) is 0 Å². The van der Waals surface area contributed by atoms with Gasteiger partial charge in [-0.1, -0.05) is 20.8 Å². The van der Waals surface area contributed by atoms with Gasteiger partial charge in [0.25, 0.3) is 0 Å². The van der Waals surface area contributed by atoms with Crippen molar-refractivity contribution in [3.63, 3.8) is 0 Å². The molecule has 3 saturated heterocycles. The molecule has 0 aromatic heterocycles. The minimum absolute atomic E-state index is 0.0640. The van der Waals surface area contributed by atoms with E-state index in [0.29, 0.717) is 5.57 Å². The van der Waals surface area contributed by atoms with Gasteiger partial charge in [-0.3, -0.25) is 9.59 Å². The average Bonchev–Trinajstić information content (AvgIpc) is 3.33. The molecule has 3 heterocycles. The molecule has 0 aromatic rings. The largest absolute Gasteiger partial charge is 0.504 e. The van der Waals surface area contributed by atoms with Gasteiger partial charge in [0.15, 0.2) is 17.8 Å². The maximum absolute atomic E-state index is 13.9. The fraction of sp³-hybridized carbons (Fsp3) is 0.812. The fourth-order valence-corrected chi connectivity index (χ4v) is 9.83. The maximum atomic E-state index is 13.9. The molecule has 3 aliphatic heterocycles. The van der Waals surface area contributed by atoms with E-state index in [-0.39, 0.29) is 31.8 Å². The first-order valence-corrected chi connectivity index (χ1v) is 16.2. The molecule has 6 rings (SSSR count). The number of aliphatic hydroxyl groups is 6. The van der Waals surface area contributed by atoms with Crippen LogP contribution in [0.5, 0.6) is 0 Å². The predicted molar refractivity (Wildman–Crippen MR) is 155 cm³/mol. The first kappa shape index (κ1) is 35.1. The maximum Gasteiger partial charge on any atom is 0.348 e. The van der Waals surface area contributed by atoms with Gasteiger partial charge in [0.05, 0.1) is 32.3 Å². The summed E-state index contributed by atoms with van der Waals surface area (Å²) in [5.41, 5.74) is -4.78. The Labute approximate surface area is 275 Å². The Bertz CT molecular complexity index is 1390. The molecule has 0 radical (unpaired) electrons. The Morgan fingerprint density at radius 2 is 1.75 bits per heavy atom. The summed E-state index contributed by atoms with van der Waals surface area (Å²) in [5, 5.41) is 64.9. The van der Waals surface area contributed by atoms with Crippen LogP contribution in [-0.2, 0) is 47.6 Å². The molecular formula is C32H44O16. The van der Waals surface area contributed by atoms with Crippen LogP contribution in [0.15, 0.2) is 11.3 Å². The Kier molecular flexibility index (Phi) is 8.76. The molecular weight excluding hydrogens is 640 g/mol. The fourth-order valence-electron chi connectivity index (χ4n) is 9.83. The standard InChI is InChI=1S/C32H44O16/c1-11(2)6-17(35)47-23-25-31-10-44-32(25,29(42)43-5)26(40)22(48-28-21(39)20(38)19(37)15(9-33)45-28)24(31)30(4)8-14(34)18(36)12(3)13(30)7-16(31)46-27(23)41/h11,13,15-16,19-26,28,33,36-40H,6-10H2,1-5H3. The molecule has 2 bridgehead atoms. The van der Waals surface area contributed by atoms with E-state index in [1.165, 1.54) is 0 Å². The van der Waals surface area contributed by atoms with Crippen molar-refractivity contribution < 1.29 is 78.2 Å². The van der Waals surface area contributed by atoms with Gasteiger partial charge in [0.1, 0.15) is 36.6 Å². The summed E-state index contributed by atoms with van der Waals surface area (Å²) in [6.45, 7) is 5.74. The van der Waals surface area contributed by atoms with Gasteiger partial charge in [-0.15, -0.1) is 0 Å². The number of carbonyl (C=O) groups excluding carboxylic acids is 4. The molecule has 6 aliphatic rings. The zero-order chi connectivity index (χ0) is 35.2. The number of methoxy groups -OCH3 is 1. The van der Waals surface area contributed by atoms with Gasteiger partial charge >= 0.3 is 17.9 Å². The molecule has 0 aromatic carbocycles. The molecule has 15 unspecified atom stereocenters. The second-order valence-corrected chi connectivity index (χ2v) is 14.7. The predicted octanol–water partition coefficient (Wildman–Crippen LogP) is -1.58. The molecule has 6 N–H and O–H groups in total. The molecule has 268 valence electrons. The van der Waals surface area contributed by atoms with Gasteiger partial charge in [-0.25, -0.2) is 9.59 Å². The van der Waals surface area contributed by atoms with Crippen LogP contribution in [0, 0.1) is 34.5 Å². The van der Waals surface area contributed by atoms with E-state index in [4.69, 9.17) is 28.4 Å². The number of ketones is 1. The highest BCUT2D eigenvalue weighted by atomic mass is 16.7. The lowest BCUT2D eigenvalue weighted by molar-refractivity contribution is -0.354. The topological polar surface area (TPSA) is 245 Å². The van der Waals surface area contributed by atoms with Crippen molar-refractivity contribution in [1.29, 1.82) is 0 Å². The van der Waals surface area contributed by atoms with Crippen LogP contribution in [0.4, 0.5) is 0 Å². The minimum Gasteiger partial charge on any atom is -0.504 e. The van der Waals surface area contributed by atoms with Gasteiger partial charge < -0.3 is 59.1 Å². The van der Waals surface area contributed by atoms with Crippen LogP contribution < -0.4 is 0 Å². The molecule has 16 nitrogen and oxygen atoms in total. The van der Waals surface area contributed by atoms with Gasteiger partial charge in [0, 0.05) is 24.2 Å². The summed E-state index contributed by atoms with van der Waals surface area (Å²) in [6, 6.07) is 0. The summed E-state index contributed by atoms with van der Waals surface area (Å²) in [6.07, 6.45) is -15.4. The van der Waals surface area contributed by atoms with E-state index >= 15 is 0 Å². The number of aliphatic hydroxyl groups excluding tert-OH is 6. The van der Waals surface area contributed by atoms with E-state index in [1.54, 1.807) is 27.7 Å². The first-order valence-electron chi connectivity index (χ1n) is 16.2. The Morgan fingerprint density at radius 1 is 1.06 bits per heavy atom. The Hall–Kier alpha value is -2.70. The number of allylic oxidation sites excluding steroid dienone is 2. The highest BCUT2D eigenvalue weighted by Crippen LogP contribution is 2.73. The number of ether oxygens (including phenoxy) is 6. The van der Waals surface area contributed by atoms with Gasteiger partial charge in [-0.05, 0) is 36.2 Å². The summed E-state index contributed by atoms with van der Waals surface area (Å²) < 4.78 is 35.2. The van der Waals surface area contributed by atoms with Crippen LogP contribution in [0.2, 0.25) is 0 Å². The molecule has 15 atom stereocenters. The number of rotatable bonds is 7. The third-order valence-corrected chi connectivity index (χ3v) is 11.8. The molecule has 16 heteroatoms. The molecule has 48 heavy (non-hydrogen) atoms. The minimum atomic E-state index is -2.40. The number of esters is 3. The number of hydrogen-bond acceptors (Lipinski definition) is 16. The normalized spacial score (nSPS) is 48.1. The van der Waals surface area contributed by atoms with Crippen molar-refractivity contribution in [2.45, 2.75) is 108 Å². The average molecular weight is 685 g/mol. The van der Waals surface area contributed by atoms with Crippen molar-refractivity contribution >= 4 is 23.7 Å². The summed E-state index contributed by atoms with van der Waals surface area (Å²) >= 11 is 0. The molecule has 0 amide bonds. The molecule has 2 saturated carbocycles. The van der Waals surface area contributed by atoms with Crippen molar-refractivity contribution in [3.05, 3.63) is 11.3 Å². The third-order valence-electron chi connectivity index (χ3n) is 11.8. The Morgan fingerprint density at radius 3 is 2.38 bits per heavy atom. The van der Waals surface area contributed by atoms with Crippen LogP contribution in [0.1, 0.15) is 47.0 Å². The lowest BCUT2D eigenvalue weighted by atomic mass is 9.38. The SMILES string of the molecule is COC(=O)C12OCC34C(CC5C(C)=C(O)C(=O)CC5(C)C3C(OC3OC(CO)C(O)C(O)C3O)C1O)OC(=O)C(OC(=O)CC(C)C)C24.